The van der Waals surface area contributed by atoms with Gasteiger partial charge in [-0.25, -0.2) is 0 Å². The van der Waals surface area contributed by atoms with Crippen molar-refractivity contribution in [3.05, 3.63) is 28.2 Å². The summed E-state index contributed by atoms with van der Waals surface area (Å²) in [5.41, 5.74) is 1.99. The number of hydrogen-bond donors (Lipinski definition) is 1. The Bertz CT molecular complexity index is 455. The van der Waals surface area contributed by atoms with E-state index in [4.69, 9.17) is 0 Å². The molecule has 0 saturated heterocycles. The van der Waals surface area contributed by atoms with Gasteiger partial charge in [-0.2, -0.15) is 0 Å². The number of aryl methyl sites for hydroxylation is 1. The van der Waals surface area contributed by atoms with Gasteiger partial charge in [0, 0.05) is 16.2 Å². The molecule has 0 bridgehead atoms. The summed E-state index contributed by atoms with van der Waals surface area (Å²) in [6.45, 7) is 2.49. The smallest absolute Gasteiger partial charge is 0.238 e. The molecule has 1 fully saturated rings. The lowest BCUT2D eigenvalue weighted by atomic mass is 10.2. The highest BCUT2D eigenvalue weighted by molar-refractivity contribution is 9.10. The molecule has 3 nitrogen and oxygen atoms in total. The number of carbonyl (C=O) groups is 1. The molecular formula is C15H21BrN2O. The minimum atomic E-state index is 0.0659. The van der Waals surface area contributed by atoms with Gasteiger partial charge >= 0.3 is 0 Å². The van der Waals surface area contributed by atoms with Crippen LogP contribution in [-0.2, 0) is 4.79 Å². The lowest BCUT2D eigenvalue weighted by Gasteiger charge is -2.23. The molecule has 1 aliphatic rings. The molecule has 0 aromatic heterocycles. The van der Waals surface area contributed by atoms with Crippen molar-refractivity contribution in [2.45, 2.75) is 38.6 Å². The van der Waals surface area contributed by atoms with E-state index in [2.05, 4.69) is 26.1 Å². The number of amides is 1. The second kappa shape index (κ2) is 6.53. The molecule has 0 radical (unpaired) electrons. The molecule has 4 heteroatoms. The number of likely N-dealkylation sites (N-methyl/N-ethyl adjacent to an activating group) is 1. The number of halogens is 1. The fraction of sp³-hybridized carbons (Fsp3) is 0.533. The predicted molar refractivity (Wildman–Crippen MR) is 82.4 cm³/mol. The molecule has 0 unspecified atom stereocenters. The number of carbonyl (C=O) groups excluding carboxylic acids is 1. The average molecular weight is 325 g/mol. The second-order valence-electron chi connectivity index (χ2n) is 5.37. The fourth-order valence-electron chi connectivity index (χ4n) is 2.62. The first-order chi connectivity index (χ1) is 9.06. The van der Waals surface area contributed by atoms with Crippen molar-refractivity contribution in [1.29, 1.82) is 0 Å². The predicted octanol–water partition coefficient (Wildman–Crippen LogP) is 3.57. The molecule has 0 aliphatic heterocycles. The molecule has 0 atom stereocenters. The van der Waals surface area contributed by atoms with E-state index in [1.807, 2.05) is 32.2 Å². The molecule has 1 aliphatic carbocycles. The highest BCUT2D eigenvalue weighted by atomic mass is 79.9. The van der Waals surface area contributed by atoms with Gasteiger partial charge in [0.05, 0.1) is 6.54 Å². The second-order valence-corrected chi connectivity index (χ2v) is 6.22. The van der Waals surface area contributed by atoms with Crippen LogP contribution in [-0.4, -0.2) is 30.4 Å². The molecule has 0 spiro atoms. The number of rotatable bonds is 4. The SMILES string of the molecule is Cc1cc(NC(=O)CN(C)C2CCCC2)ccc1Br. The molecule has 1 aromatic carbocycles. The normalized spacial score (nSPS) is 16.0. The van der Waals surface area contributed by atoms with Crippen molar-refractivity contribution in [3.8, 4) is 0 Å². The van der Waals surface area contributed by atoms with Crippen LogP contribution in [0.5, 0.6) is 0 Å². The maximum absolute atomic E-state index is 12.0. The van der Waals surface area contributed by atoms with E-state index < -0.39 is 0 Å². The van der Waals surface area contributed by atoms with Gasteiger partial charge in [0.25, 0.3) is 0 Å². The van der Waals surface area contributed by atoms with Gasteiger partial charge in [0.15, 0.2) is 0 Å². The van der Waals surface area contributed by atoms with E-state index in [1.165, 1.54) is 25.7 Å². The summed E-state index contributed by atoms with van der Waals surface area (Å²) in [4.78, 5) is 14.2. The Labute approximate surface area is 123 Å². The number of hydrogen-bond acceptors (Lipinski definition) is 2. The summed E-state index contributed by atoms with van der Waals surface area (Å²) in [6.07, 6.45) is 5.04. The van der Waals surface area contributed by atoms with Crippen LogP contribution in [0.2, 0.25) is 0 Å². The summed E-state index contributed by atoms with van der Waals surface area (Å²) < 4.78 is 1.06. The first kappa shape index (κ1) is 14.5. The zero-order valence-corrected chi connectivity index (χ0v) is 13.2. The van der Waals surface area contributed by atoms with E-state index in [0.29, 0.717) is 12.6 Å². The van der Waals surface area contributed by atoms with Gasteiger partial charge in [0.2, 0.25) is 5.91 Å². The largest absolute Gasteiger partial charge is 0.325 e. The van der Waals surface area contributed by atoms with Crippen LogP contribution >= 0.6 is 15.9 Å². The van der Waals surface area contributed by atoms with Gasteiger partial charge in [-0.05, 0) is 50.6 Å². The molecule has 0 heterocycles. The van der Waals surface area contributed by atoms with E-state index in [0.717, 1.165) is 15.7 Å². The van der Waals surface area contributed by atoms with Crippen LogP contribution in [0, 0.1) is 6.92 Å². The molecule has 1 saturated carbocycles. The third-order valence-corrected chi connectivity index (χ3v) is 4.67. The van der Waals surface area contributed by atoms with Crippen molar-refractivity contribution in [2.24, 2.45) is 0 Å². The highest BCUT2D eigenvalue weighted by Gasteiger charge is 2.21. The quantitative estimate of drug-likeness (QED) is 0.918. The van der Waals surface area contributed by atoms with Gasteiger partial charge in [-0.3, -0.25) is 9.69 Å². The van der Waals surface area contributed by atoms with Gasteiger partial charge in [-0.15, -0.1) is 0 Å². The summed E-state index contributed by atoms with van der Waals surface area (Å²) in [7, 11) is 2.04. The van der Waals surface area contributed by atoms with E-state index in [1.54, 1.807) is 0 Å². The Balaban J connectivity index is 1.88. The van der Waals surface area contributed by atoms with Crippen LogP contribution in [0.4, 0.5) is 5.69 Å². The topological polar surface area (TPSA) is 32.3 Å². The Morgan fingerprint density at radius 3 is 2.74 bits per heavy atom. The minimum Gasteiger partial charge on any atom is -0.325 e. The Hall–Kier alpha value is -0.870. The minimum absolute atomic E-state index is 0.0659. The standard InChI is InChI=1S/C15H21BrN2O/c1-11-9-12(7-8-14(11)16)17-15(19)10-18(2)13-5-3-4-6-13/h7-9,13H,3-6,10H2,1-2H3,(H,17,19). The van der Waals surface area contributed by atoms with E-state index >= 15 is 0 Å². The average Bonchev–Trinajstić information content (AvgIpc) is 2.87. The fourth-order valence-corrected chi connectivity index (χ4v) is 2.87. The first-order valence-electron chi connectivity index (χ1n) is 6.82. The molecule has 1 aromatic rings. The zero-order chi connectivity index (χ0) is 13.8. The third-order valence-electron chi connectivity index (χ3n) is 3.78. The van der Waals surface area contributed by atoms with Crippen LogP contribution < -0.4 is 5.32 Å². The Morgan fingerprint density at radius 2 is 2.11 bits per heavy atom. The van der Waals surface area contributed by atoms with Crippen molar-refractivity contribution >= 4 is 27.5 Å². The van der Waals surface area contributed by atoms with Crippen LogP contribution in [0.1, 0.15) is 31.2 Å². The first-order valence-corrected chi connectivity index (χ1v) is 7.62. The summed E-state index contributed by atoms with van der Waals surface area (Å²) >= 11 is 3.46. The number of anilines is 1. The number of benzene rings is 1. The lowest BCUT2D eigenvalue weighted by Crippen LogP contribution is -2.36. The monoisotopic (exact) mass is 324 g/mol. The maximum atomic E-state index is 12.0. The van der Waals surface area contributed by atoms with Gasteiger partial charge in [0.1, 0.15) is 0 Å². The summed E-state index contributed by atoms with van der Waals surface area (Å²) in [5, 5.41) is 2.96. The molecule has 104 valence electrons. The highest BCUT2D eigenvalue weighted by Crippen LogP contribution is 2.22. The Kier molecular flexibility index (Phi) is 4.99. The zero-order valence-electron chi connectivity index (χ0n) is 11.6. The molecule has 19 heavy (non-hydrogen) atoms. The summed E-state index contributed by atoms with van der Waals surface area (Å²) in [5.74, 6) is 0.0659. The van der Waals surface area contributed by atoms with Gasteiger partial charge in [-0.1, -0.05) is 28.8 Å². The lowest BCUT2D eigenvalue weighted by molar-refractivity contribution is -0.117. The van der Waals surface area contributed by atoms with E-state index in [-0.39, 0.29) is 5.91 Å². The molecule has 1 amide bonds. The van der Waals surface area contributed by atoms with E-state index in [9.17, 15) is 4.79 Å². The third kappa shape index (κ3) is 4.05. The Morgan fingerprint density at radius 1 is 1.42 bits per heavy atom. The van der Waals surface area contributed by atoms with Crippen molar-refractivity contribution in [2.75, 3.05) is 18.9 Å². The van der Waals surface area contributed by atoms with Crippen molar-refractivity contribution in [3.63, 3.8) is 0 Å². The van der Waals surface area contributed by atoms with Crippen LogP contribution in [0.15, 0.2) is 22.7 Å². The number of nitrogens with zero attached hydrogens (tertiary/aromatic N) is 1. The van der Waals surface area contributed by atoms with Crippen molar-refractivity contribution in [1.82, 2.24) is 4.90 Å². The molecular weight excluding hydrogens is 304 g/mol. The summed E-state index contributed by atoms with van der Waals surface area (Å²) in [6, 6.07) is 6.45. The molecule has 2 rings (SSSR count). The molecule has 1 N–H and O–H groups in total. The van der Waals surface area contributed by atoms with Crippen LogP contribution in [0.3, 0.4) is 0 Å². The maximum Gasteiger partial charge on any atom is 0.238 e. The van der Waals surface area contributed by atoms with Gasteiger partial charge < -0.3 is 5.32 Å². The number of nitrogens with one attached hydrogen (secondary N) is 1. The van der Waals surface area contributed by atoms with Crippen LogP contribution in [0.25, 0.3) is 0 Å². The van der Waals surface area contributed by atoms with Crippen molar-refractivity contribution < 1.29 is 4.79 Å².